The van der Waals surface area contributed by atoms with E-state index in [1.165, 1.54) is 14.0 Å². The lowest BCUT2D eigenvalue weighted by Crippen LogP contribution is -2.41. The Bertz CT molecular complexity index is 400. The number of esters is 1. The van der Waals surface area contributed by atoms with Gasteiger partial charge in [0.2, 0.25) is 0 Å². The number of hydrogen-bond donors (Lipinski definition) is 0. The van der Waals surface area contributed by atoms with Crippen LogP contribution in [0, 0.1) is 17.8 Å². The van der Waals surface area contributed by atoms with Crippen molar-refractivity contribution in [2.45, 2.75) is 58.2 Å². The van der Waals surface area contributed by atoms with Gasteiger partial charge >= 0.3 is 5.97 Å². The molecule has 0 aromatic rings. The zero-order chi connectivity index (χ0) is 16.2. The van der Waals surface area contributed by atoms with Crippen molar-refractivity contribution in [1.29, 1.82) is 0 Å². The highest BCUT2D eigenvalue weighted by Gasteiger charge is 2.56. The fourth-order valence-corrected chi connectivity index (χ4v) is 4.13. The van der Waals surface area contributed by atoms with Gasteiger partial charge < -0.3 is 14.2 Å². The highest BCUT2D eigenvalue weighted by Crippen LogP contribution is 2.51. The van der Waals surface area contributed by atoms with Crippen molar-refractivity contribution >= 4 is 11.8 Å². The van der Waals surface area contributed by atoms with E-state index in [0.717, 1.165) is 38.5 Å². The number of unbranched alkanes of at least 4 members (excludes halogenated alkanes) is 2. The number of methoxy groups -OCH3 is 1. The third-order valence-corrected chi connectivity index (χ3v) is 5.12. The smallest absolute Gasteiger partial charge is 0.316 e. The molecule has 0 N–H and O–H groups in total. The molecule has 3 unspecified atom stereocenters. The van der Waals surface area contributed by atoms with Crippen molar-refractivity contribution < 1.29 is 23.8 Å². The van der Waals surface area contributed by atoms with Crippen LogP contribution in [0.2, 0.25) is 0 Å². The van der Waals surface area contributed by atoms with Crippen LogP contribution in [0.15, 0.2) is 0 Å². The van der Waals surface area contributed by atoms with Gasteiger partial charge in [0.05, 0.1) is 20.3 Å². The largest absolute Gasteiger partial charge is 0.468 e. The van der Waals surface area contributed by atoms with E-state index in [1.807, 2.05) is 0 Å². The maximum atomic E-state index is 12.1. The molecule has 1 saturated carbocycles. The highest BCUT2D eigenvalue weighted by atomic mass is 16.7. The van der Waals surface area contributed by atoms with Crippen molar-refractivity contribution in [3.8, 4) is 0 Å². The molecule has 2 aliphatic rings. The molecule has 2 rings (SSSR count). The Balaban J connectivity index is 2.20. The SMILES string of the molecule is CCCCCC1C(C(C(C)=O)C(=O)OC)CCC12OCCO2. The van der Waals surface area contributed by atoms with Crippen LogP contribution in [0.25, 0.3) is 0 Å². The van der Waals surface area contributed by atoms with E-state index in [9.17, 15) is 9.59 Å². The summed E-state index contributed by atoms with van der Waals surface area (Å²) in [6.45, 7) is 4.84. The Morgan fingerprint density at radius 1 is 1.27 bits per heavy atom. The minimum atomic E-state index is -0.691. The zero-order valence-corrected chi connectivity index (χ0v) is 13.9. The van der Waals surface area contributed by atoms with E-state index >= 15 is 0 Å². The summed E-state index contributed by atoms with van der Waals surface area (Å²) in [6.07, 6.45) is 5.81. The van der Waals surface area contributed by atoms with Crippen molar-refractivity contribution in [1.82, 2.24) is 0 Å². The minimum absolute atomic E-state index is 0.0418. The van der Waals surface area contributed by atoms with Gasteiger partial charge in [-0.25, -0.2) is 0 Å². The first kappa shape index (κ1) is 17.4. The topological polar surface area (TPSA) is 61.8 Å². The van der Waals surface area contributed by atoms with E-state index in [1.54, 1.807) is 0 Å². The fourth-order valence-electron chi connectivity index (χ4n) is 4.13. The first-order chi connectivity index (χ1) is 10.6. The lowest BCUT2D eigenvalue weighted by molar-refractivity contribution is -0.191. The normalized spacial score (nSPS) is 28.0. The monoisotopic (exact) mass is 312 g/mol. The van der Waals surface area contributed by atoms with Crippen LogP contribution in [0.5, 0.6) is 0 Å². The molecule has 0 aromatic carbocycles. The molecular formula is C17H28O5. The molecule has 126 valence electrons. The molecule has 22 heavy (non-hydrogen) atoms. The van der Waals surface area contributed by atoms with Gasteiger partial charge in [-0.05, 0) is 25.7 Å². The number of carbonyl (C=O) groups is 2. The Labute approximate surface area is 132 Å². The third-order valence-electron chi connectivity index (χ3n) is 5.12. The summed E-state index contributed by atoms with van der Waals surface area (Å²) in [6, 6.07) is 0. The van der Waals surface area contributed by atoms with Crippen LogP contribution < -0.4 is 0 Å². The predicted octanol–water partition coefficient (Wildman–Crippen LogP) is 2.71. The lowest BCUT2D eigenvalue weighted by Gasteiger charge is -2.34. The summed E-state index contributed by atoms with van der Waals surface area (Å²) >= 11 is 0. The second-order valence-electron chi connectivity index (χ2n) is 6.43. The average Bonchev–Trinajstić information content (AvgIpc) is 3.09. The summed E-state index contributed by atoms with van der Waals surface area (Å²) in [5.74, 6) is -1.76. The van der Waals surface area contributed by atoms with Gasteiger partial charge in [-0.15, -0.1) is 0 Å². The Morgan fingerprint density at radius 3 is 2.50 bits per heavy atom. The molecule has 5 heteroatoms. The average molecular weight is 312 g/mol. The van der Waals surface area contributed by atoms with E-state index in [-0.39, 0.29) is 17.6 Å². The summed E-state index contributed by atoms with van der Waals surface area (Å²) < 4.78 is 16.7. The molecule has 1 heterocycles. The van der Waals surface area contributed by atoms with Crippen LogP contribution in [-0.4, -0.2) is 37.9 Å². The Hall–Kier alpha value is -0.940. The van der Waals surface area contributed by atoms with Crippen LogP contribution in [0.4, 0.5) is 0 Å². The van der Waals surface area contributed by atoms with Gasteiger partial charge in [0.25, 0.3) is 0 Å². The third kappa shape index (κ3) is 3.35. The molecular weight excluding hydrogens is 284 g/mol. The van der Waals surface area contributed by atoms with Crippen molar-refractivity contribution in [2.24, 2.45) is 17.8 Å². The first-order valence-corrected chi connectivity index (χ1v) is 8.42. The van der Waals surface area contributed by atoms with Crippen molar-refractivity contribution in [3.63, 3.8) is 0 Å². The predicted molar refractivity (Wildman–Crippen MR) is 81.2 cm³/mol. The molecule has 1 saturated heterocycles. The molecule has 0 radical (unpaired) electrons. The molecule has 1 aliphatic heterocycles. The number of ketones is 1. The molecule has 2 fully saturated rings. The van der Waals surface area contributed by atoms with Gasteiger partial charge in [0.1, 0.15) is 11.7 Å². The Kier molecular flexibility index (Phi) is 5.98. The molecule has 0 aromatic heterocycles. The highest BCUT2D eigenvalue weighted by molar-refractivity contribution is 5.98. The Morgan fingerprint density at radius 2 is 1.95 bits per heavy atom. The van der Waals surface area contributed by atoms with E-state index < -0.39 is 17.7 Å². The molecule has 1 spiro atoms. The van der Waals surface area contributed by atoms with Crippen LogP contribution in [-0.2, 0) is 23.8 Å². The lowest BCUT2D eigenvalue weighted by atomic mass is 9.78. The maximum Gasteiger partial charge on any atom is 0.316 e. The van der Waals surface area contributed by atoms with Gasteiger partial charge in [-0.1, -0.05) is 26.2 Å². The first-order valence-electron chi connectivity index (χ1n) is 8.42. The van der Waals surface area contributed by atoms with Crippen LogP contribution in [0.3, 0.4) is 0 Å². The standard InChI is InChI=1S/C17H28O5/c1-4-5-6-7-14-13(15(12(2)18)16(19)20-3)8-9-17(14)21-10-11-22-17/h13-15H,4-11H2,1-3H3. The van der Waals surface area contributed by atoms with Gasteiger partial charge in [-0.3, -0.25) is 9.59 Å². The van der Waals surface area contributed by atoms with Crippen LogP contribution >= 0.6 is 0 Å². The second-order valence-corrected chi connectivity index (χ2v) is 6.43. The van der Waals surface area contributed by atoms with Gasteiger partial charge in [0.15, 0.2) is 5.79 Å². The maximum absolute atomic E-state index is 12.1. The fraction of sp³-hybridized carbons (Fsp3) is 0.882. The van der Waals surface area contributed by atoms with Crippen molar-refractivity contribution in [2.75, 3.05) is 20.3 Å². The zero-order valence-electron chi connectivity index (χ0n) is 13.9. The molecule has 0 amide bonds. The quantitative estimate of drug-likeness (QED) is 0.411. The minimum Gasteiger partial charge on any atom is -0.468 e. The molecule has 5 nitrogen and oxygen atoms in total. The van der Waals surface area contributed by atoms with Gasteiger partial charge in [0, 0.05) is 12.3 Å². The van der Waals surface area contributed by atoms with E-state index in [2.05, 4.69) is 6.92 Å². The number of Topliss-reactive ketones (excluding diaryl/α,β-unsaturated/α-hetero) is 1. The summed E-state index contributed by atoms with van der Waals surface area (Å²) in [5, 5.41) is 0. The number of carbonyl (C=O) groups excluding carboxylic acids is 2. The van der Waals surface area contributed by atoms with Crippen LogP contribution in [0.1, 0.15) is 52.4 Å². The van der Waals surface area contributed by atoms with E-state index in [4.69, 9.17) is 14.2 Å². The van der Waals surface area contributed by atoms with Gasteiger partial charge in [-0.2, -0.15) is 0 Å². The number of ether oxygens (including phenoxy) is 3. The van der Waals surface area contributed by atoms with E-state index in [0.29, 0.717) is 13.2 Å². The number of rotatable bonds is 7. The van der Waals surface area contributed by atoms with Crippen molar-refractivity contribution in [3.05, 3.63) is 0 Å². The second kappa shape index (κ2) is 7.55. The molecule has 0 bridgehead atoms. The summed E-state index contributed by atoms with van der Waals surface area (Å²) in [5.41, 5.74) is 0. The molecule has 1 aliphatic carbocycles. The number of hydrogen-bond acceptors (Lipinski definition) is 5. The molecule has 3 atom stereocenters. The summed E-state index contributed by atoms with van der Waals surface area (Å²) in [7, 11) is 1.34. The summed E-state index contributed by atoms with van der Waals surface area (Å²) in [4.78, 5) is 24.1.